The first-order valence-electron chi connectivity index (χ1n) is 9.90. The van der Waals surface area contributed by atoms with Crippen molar-refractivity contribution in [3.8, 4) is 17.4 Å². The fraction of sp³-hybridized carbons (Fsp3) is 0.238. The van der Waals surface area contributed by atoms with E-state index in [1.165, 1.54) is 18.9 Å². The van der Waals surface area contributed by atoms with Crippen LogP contribution in [0.5, 0.6) is 11.6 Å². The van der Waals surface area contributed by atoms with E-state index in [0.29, 0.717) is 23.1 Å². The van der Waals surface area contributed by atoms with Gasteiger partial charge < -0.3 is 9.30 Å². The van der Waals surface area contributed by atoms with Gasteiger partial charge >= 0.3 is 0 Å². The average Bonchev–Trinajstić information content (AvgIpc) is 3.38. The van der Waals surface area contributed by atoms with Crippen molar-refractivity contribution < 1.29 is 13.2 Å². The molecule has 4 aromatic rings. The fourth-order valence-electron chi connectivity index (χ4n) is 2.91. The van der Waals surface area contributed by atoms with Crippen LogP contribution in [0.3, 0.4) is 0 Å². The number of hydrogen-bond donors (Lipinski definition) is 1. The molecule has 11 heteroatoms. The number of anilines is 1. The molecule has 0 bridgehead atoms. The molecule has 0 radical (unpaired) electrons. The van der Waals surface area contributed by atoms with Crippen LogP contribution >= 0.6 is 0 Å². The summed E-state index contributed by atoms with van der Waals surface area (Å²) in [7, 11) is -3.79. The number of imidazole rings is 2. The molecule has 3 heterocycles. The van der Waals surface area contributed by atoms with Crippen molar-refractivity contribution >= 4 is 15.7 Å². The molecule has 1 N–H and O–H groups in total. The number of sulfonamides is 1. The Morgan fingerprint density at radius 1 is 1.00 bits per heavy atom. The van der Waals surface area contributed by atoms with E-state index in [-0.39, 0.29) is 11.1 Å². The molecule has 3 aromatic heterocycles. The second-order valence-corrected chi connectivity index (χ2v) is 9.11. The second-order valence-electron chi connectivity index (χ2n) is 7.48. The van der Waals surface area contributed by atoms with E-state index in [9.17, 15) is 8.42 Å². The maximum atomic E-state index is 12.6. The van der Waals surface area contributed by atoms with E-state index in [0.717, 1.165) is 11.4 Å². The number of rotatable bonds is 7. The van der Waals surface area contributed by atoms with Crippen LogP contribution in [0.4, 0.5) is 5.69 Å². The third kappa shape index (κ3) is 4.47. The molecule has 0 aliphatic rings. The minimum atomic E-state index is -3.79. The van der Waals surface area contributed by atoms with Crippen LogP contribution in [0.25, 0.3) is 5.82 Å². The molecule has 0 atom stereocenters. The predicted octanol–water partition coefficient (Wildman–Crippen LogP) is 3.65. The number of nitrogens with one attached hydrogen (secondary N) is 1. The zero-order chi connectivity index (χ0) is 22.9. The fourth-order valence-corrected chi connectivity index (χ4v) is 3.90. The van der Waals surface area contributed by atoms with Crippen molar-refractivity contribution in [1.82, 2.24) is 29.1 Å². The molecule has 0 spiro atoms. The lowest BCUT2D eigenvalue weighted by Gasteiger charge is -2.09. The number of benzene rings is 1. The Bertz CT molecular complexity index is 1340. The van der Waals surface area contributed by atoms with Gasteiger partial charge in [-0.15, -0.1) is 0 Å². The van der Waals surface area contributed by atoms with Crippen molar-refractivity contribution in [1.29, 1.82) is 0 Å². The van der Waals surface area contributed by atoms with Crippen molar-refractivity contribution in [3.05, 3.63) is 66.9 Å². The van der Waals surface area contributed by atoms with E-state index in [1.807, 2.05) is 32.3 Å². The van der Waals surface area contributed by atoms with Gasteiger partial charge in [0, 0.05) is 29.7 Å². The molecular weight excluding hydrogens is 430 g/mol. The SMILES string of the molecule is Cc1ncn(-c2cc(Oc3ccc(NS(=O)(=O)c4cn(C(C)C)cn4)cc3)ncn2)c1C. The van der Waals surface area contributed by atoms with Gasteiger partial charge in [-0.25, -0.2) is 19.9 Å². The Balaban J connectivity index is 1.47. The summed E-state index contributed by atoms with van der Waals surface area (Å²) in [6.07, 6.45) is 6.11. The first-order chi connectivity index (χ1) is 15.2. The third-order valence-electron chi connectivity index (χ3n) is 4.90. The van der Waals surface area contributed by atoms with Gasteiger partial charge in [-0.05, 0) is 52.0 Å². The van der Waals surface area contributed by atoms with Gasteiger partial charge in [-0.2, -0.15) is 8.42 Å². The quantitative estimate of drug-likeness (QED) is 0.454. The van der Waals surface area contributed by atoms with Crippen LogP contribution in [-0.2, 0) is 10.0 Å². The van der Waals surface area contributed by atoms with Crippen LogP contribution in [0.15, 0.2) is 60.5 Å². The van der Waals surface area contributed by atoms with E-state index < -0.39 is 10.0 Å². The molecule has 1 aromatic carbocycles. The van der Waals surface area contributed by atoms with Gasteiger partial charge in [0.25, 0.3) is 10.0 Å². The summed E-state index contributed by atoms with van der Waals surface area (Å²) in [5, 5.41) is -0.0370. The largest absolute Gasteiger partial charge is 0.439 e. The number of ether oxygens (including phenoxy) is 1. The van der Waals surface area contributed by atoms with Crippen LogP contribution in [0, 0.1) is 13.8 Å². The van der Waals surface area contributed by atoms with Gasteiger partial charge in [-0.3, -0.25) is 9.29 Å². The first kappa shape index (κ1) is 21.5. The molecule has 0 aliphatic heterocycles. The molecule has 0 aliphatic carbocycles. The van der Waals surface area contributed by atoms with Gasteiger partial charge in [-0.1, -0.05) is 0 Å². The van der Waals surface area contributed by atoms with Crippen LogP contribution < -0.4 is 9.46 Å². The van der Waals surface area contributed by atoms with Gasteiger partial charge in [0.15, 0.2) is 5.03 Å². The summed E-state index contributed by atoms with van der Waals surface area (Å²) in [6, 6.07) is 8.34. The van der Waals surface area contributed by atoms with Crippen molar-refractivity contribution in [2.45, 2.75) is 38.8 Å². The number of nitrogens with zero attached hydrogens (tertiary/aromatic N) is 6. The van der Waals surface area contributed by atoms with Crippen LogP contribution in [-0.4, -0.2) is 37.5 Å². The minimum absolute atomic E-state index is 0.0370. The van der Waals surface area contributed by atoms with Crippen molar-refractivity contribution in [2.75, 3.05) is 4.72 Å². The summed E-state index contributed by atoms with van der Waals surface area (Å²) in [4.78, 5) is 16.7. The Labute approximate surface area is 186 Å². The summed E-state index contributed by atoms with van der Waals surface area (Å²) >= 11 is 0. The highest BCUT2D eigenvalue weighted by Gasteiger charge is 2.18. The molecule has 0 saturated heterocycles. The summed E-state index contributed by atoms with van der Waals surface area (Å²) in [5.74, 6) is 1.49. The second kappa shape index (κ2) is 8.42. The zero-order valence-electron chi connectivity index (χ0n) is 18.1. The summed E-state index contributed by atoms with van der Waals surface area (Å²) in [6.45, 7) is 7.78. The standard InChI is InChI=1S/C21H23N7O3S/c1-14(2)27-10-21(25-12-27)32(29,30)26-17-5-7-18(8-6-17)31-20-9-19(22-11-23-20)28-13-24-15(3)16(28)4/h5-14,26H,1-4H3. The van der Waals surface area contributed by atoms with Crippen molar-refractivity contribution in [2.24, 2.45) is 0 Å². The predicted molar refractivity (Wildman–Crippen MR) is 119 cm³/mol. The van der Waals surface area contributed by atoms with E-state index in [2.05, 4.69) is 24.7 Å². The van der Waals surface area contributed by atoms with Gasteiger partial charge in [0.2, 0.25) is 5.88 Å². The van der Waals surface area contributed by atoms with E-state index >= 15 is 0 Å². The highest BCUT2D eigenvalue weighted by atomic mass is 32.2. The summed E-state index contributed by atoms with van der Waals surface area (Å²) < 4.78 is 37.1. The minimum Gasteiger partial charge on any atom is -0.439 e. The third-order valence-corrected chi connectivity index (χ3v) is 6.17. The smallest absolute Gasteiger partial charge is 0.280 e. The molecule has 32 heavy (non-hydrogen) atoms. The Morgan fingerprint density at radius 3 is 2.38 bits per heavy atom. The summed E-state index contributed by atoms with van der Waals surface area (Å²) in [5.41, 5.74) is 2.29. The van der Waals surface area contributed by atoms with E-state index in [4.69, 9.17) is 4.74 Å². The first-order valence-corrected chi connectivity index (χ1v) is 11.4. The van der Waals surface area contributed by atoms with Crippen molar-refractivity contribution in [3.63, 3.8) is 0 Å². The number of aromatic nitrogens is 6. The molecule has 10 nitrogen and oxygen atoms in total. The van der Waals surface area contributed by atoms with Crippen LogP contribution in [0.2, 0.25) is 0 Å². The lowest BCUT2D eigenvalue weighted by molar-refractivity contribution is 0.461. The molecule has 0 amide bonds. The molecule has 0 unspecified atom stereocenters. The maximum absolute atomic E-state index is 12.6. The molecular formula is C21H23N7O3S. The topological polar surface area (TPSA) is 117 Å². The number of aryl methyl sites for hydroxylation is 1. The van der Waals surface area contributed by atoms with Gasteiger partial charge in [0.05, 0.1) is 12.0 Å². The molecule has 0 saturated carbocycles. The Hall–Kier alpha value is -3.73. The zero-order valence-corrected chi connectivity index (χ0v) is 18.9. The Morgan fingerprint density at radius 2 is 1.75 bits per heavy atom. The Kier molecular flexibility index (Phi) is 5.66. The monoisotopic (exact) mass is 453 g/mol. The average molecular weight is 454 g/mol. The molecule has 4 rings (SSSR count). The molecule has 0 fully saturated rings. The lowest BCUT2D eigenvalue weighted by atomic mass is 10.3. The number of hydrogen-bond acceptors (Lipinski definition) is 7. The van der Waals surface area contributed by atoms with Crippen LogP contribution in [0.1, 0.15) is 31.3 Å². The lowest BCUT2D eigenvalue weighted by Crippen LogP contribution is -2.13. The highest BCUT2D eigenvalue weighted by Crippen LogP contribution is 2.24. The van der Waals surface area contributed by atoms with E-state index in [1.54, 1.807) is 41.2 Å². The van der Waals surface area contributed by atoms with Gasteiger partial charge in [0.1, 0.15) is 24.2 Å². The molecule has 166 valence electrons. The maximum Gasteiger partial charge on any atom is 0.280 e. The normalized spacial score (nSPS) is 11.7. The highest BCUT2D eigenvalue weighted by molar-refractivity contribution is 7.92.